The highest BCUT2D eigenvalue weighted by molar-refractivity contribution is 14.1. The summed E-state index contributed by atoms with van der Waals surface area (Å²) in [6.45, 7) is 0.360. The Morgan fingerprint density at radius 2 is 1.77 bits per heavy atom. The molecule has 1 heterocycles. The van der Waals surface area contributed by atoms with Crippen LogP contribution >= 0.6 is 45.2 Å². The first kappa shape index (κ1) is 22.5. The number of benzene rings is 1. The number of fused-ring (bicyclic) bond motifs is 1. The SMILES string of the molecule is O=C(OC12CC3CC(C1)C1(OCc4cc(I)c(I)cc4O1)C(C3)C2)C(F)(F)S(=O)(=O)[O-]. The first-order chi connectivity index (χ1) is 14.4. The van der Waals surface area contributed by atoms with Crippen molar-refractivity contribution in [2.24, 2.45) is 17.8 Å². The summed E-state index contributed by atoms with van der Waals surface area (Å²) in [6, 6.07) is 3.97. The van der Waals surface area contributed by atoms with Crippen molar-refractivity contribution in [1.82, 2.24) is 0 Å². The number of carbonyl (C=O) groups is 1. The molecule has 5 aliphatic rings. The second-order valence-corrected chi connectivity index (χ2v) is 12.6. The molecule has 4 saturated carbocycles. The van der Waals surface area contributed by atoms with Gasteiger partial charge in [0.1, 0.15) is 11.4 Å². The standard InChI is InChI=1S/C19H18F2I2O7S/c20-19(21,31(25,26)27)16(24)30-17-5-9-1-11(6-17)18(12(2-9)7-17)28-8-10-3-13(22)14(23)4-15(10)29-18/h3-4,9,11-12H,1-2,5-8H2,(H,25,26,27)/p-1. The van der Waals surface area contributed by atoms with Crippen LogP contribution in [0.4, 0.5) is 8.78 Å². The van der Waals surface area contributed by atoms with Gasteiger partial charge in [0.05, 0.1) is 6.61 Å². The van der Waals surface area contributed by atoms with Crippen LogP contribution in [0.5, 0.6) is 5.75 Å². The number of hydrogen-bond acceptors (Lipinski definition) is 7. The fourth-order valence-electron chi connectivity index (χ4n) is 5.91. The number of esters is 1. The molecule has 0 radical (unpaired) electrons. The van der Waals surface area contributed by atoms with Gasteiger partial charge in [-0.25, -0.2) is 13.2 Å². The van der Waals surface area contributed by atoms with E-state index >= 15 is 0 Å². The second kappa shape index (κ2) is 7.09. The number of halogens is 4. The topological polar surface area (TPSA) is 102 Å². The van der Waals surface area contributed by atoms with E-state index in [1.807, 2.05) is 12.1 Å². The van der Waals surface area contributed by atoms with E-state index in [4.69, 9.17) is 14.2 Å². The molecule has 1 aromatic carbocycles. The van der Waals surface area contributed by atoms with E-state index < -0.39 is 32.7 Å². The highest BCUT2D eigenvalue weighted by atomic mass is 127. The van der Waals surface area contributed by atoms with Crippen LogP contribution < -0.4 is 4.74 Å². The zero-order valence-corrected chi connectivity index (χ0v) is 21.0. The summed E-state index contributed by atoms with van der Waals surface area (Å²) in [5.74, 6) is -2.76. The maximum atomic E-state index is 13.8. The van der Waals surface area contributed by atoms with Crippen molar-refractivity contribution in [2.75, 3.05) is 0 Å². The van der Waals surface area contributed by atoms with E-state index in [-0.39, 0.29) is 30.6 Å². The number of ether oxygens (including phenoxy) is 3. The molecule has 0 saturated heterocycles. The van der Waals surface area contributed by atoms with E-state index in [2.05, 4.69) is 45.2 Å². The third-order valence-electron chi connectivity index (χ3n) is 6.96. The van der Waals surface area contributed by atoms with E-state index in [9.17, 15) is 26.5 Å². The van der Waals surface area contributed by atoms with Crippen molar-refractivity contribution in [3.05, 3.63) is 24.8 Å². The quantitative estimate of drug-likeness (QED) is 0.272. The maximum absolute atomic E-state index is 13.8. The lowest BCUT2D eigenvalue weighted by atomic mass is 9.51. The zero-order valence-electron chi connectivity index (χ0n) is 15.9. The minimum absolute atomic E-state index is 0.124. The van der Waals surface area contributed by atoms with Gasteiger partial charge in [-0.1, -0.05) is 0 Å². The van der Waals surface area contributed by atoms with Crippen molar-refractivity contribution in [2.45, 2.75) is 55.4 Å². The molecule has 7 nitrogen and oxygen atoms in total. The minimum Gasteiger partial charge on any atom is -0.743 e. The average Bonchev–Trinajstić information content (AvgIpc) is 2.65. The molecular formula is C19H17F2I2O7S-. The van der Waals surface area contributed by atoms with Crippen LogP contribution in [-0.4, -0.2) is 35.6 Å². The van der Waals surface area contributed by atoms with Gasteiger partial charge < -0.3 is 18.8 Å². The highest BCUT2D eigenvalue weighted by Crippen LogP contribution is 2.63. The Balaban J connectivity index is 1.43. The first-order valence-electron chi connectivity index (χ1n) is 9.73. The second-order valence-electron chi connectivity index (χ2n) is 8.87. The van der Waals surface area contributed by atoms with Crippen LogP contribution in [-0.2, 0) is 31.0 Å². The van der Waals surface area contributed by atoms with Gasteiger partial charge in [-0.15, -0.1) is 0 Å². The van der Waals surface area contributed by atoms with Gasteiger partial charge in [-0.3, -0.25) is 0 Å². The zero-order chi connectivity index (χ0) is 22.4. The molecule has 2 atom stereocenters. The third kappa shape index (κ3) is 3.41. The summed E-state index contributed by atoms with van der Waals surface area (Å²) in [5, 5.41) is -5.11. The minimum atomic E-state index is -6.16. The molecule has 6 rings (SSSR count). The van der Waals surface area contributed by atoms with Crippen LogP contribution in [0.25, 0.3) is 0 Å². The average molecular weight is 681 g/mol. The van der Waals surface area contributed by atoms with Crippen molar-refractivity contribution >= 4 is 61.3 Å². The fraction of sp³-hybridized carbons (Fsp3) is 0.632. The number of hydrogen-bond donors (Lipinski definition) is 0. The molecule has 1 aliphatic heterocycles. The molecule has 4 aliphatic carbocycles. The summed E-state index contributed by atoms with van der Waals surface area (Å²) in [6.07, 6.45) is 2.28. The molecule has 0 N–H and O–H groups in total. The molecule has 0 amide bonds. The van der Waals surface area contributed by atoms with E-state index in [1.54, 1.807) is 0 Å². The van der Waals surface area contributed by atoms with Crippen molar-refractivity contribution in [3.63, 3.8) is 0 Å². The smallest absolute Gasteiger partial charge is 0.428 e. The summed E-state index contributed by atoms with van der Waals surface area (Å²) in [5.41, 5.74) is -0.300. The first-order valence-corrected chi connectivity index (χ1v) is 13.3. The molecule has 1 aromatic rings. The van der Waals surface area contributed by atoms with E-state index in [0.29, 0.717) is 13.0 Å². The lowest BCUT2D eigenvalue weighted by Gasteiger charge is -2.63. The van der Waals surface area contributed by atoms with Crippen LogP contribution in [0.15, 0.2) is 12.1 Å². The molecular weight excluding hydrogens is 664 g/mol. The van der Waals surface area contributed by atoms with Crippen LogP contribution in [0.1, 0.15) is 37.7 Å². The molecule has 1 spiro atoms. The fourth-order valence-corrected chi connectivity index (χ4v) is 7.13. The molecule has 2 unspecified atom stereocenters. The predicted molar refractivity (Wildman–Crippen MR) is 117 cm³/mol. The maximum Gasteiger partial charge on any atom is 0.428 e. The lowest BCUT2D eigenvalue weighted by Crippen LogP contribution is -2.68. The normalized spacial score (nSPS) is 36.2. The summed E-state index contributed by atoms with van der Waals surface area (Å²) in [7, 11) is -6.16. The van der Waals surface area contributed by atoms with Gasteiger partial charge in [0.15, 0.2) is 10.1 Å². The van der Waals surface area contributed by atoms with Gasteiger partial charge in [0.25, 0.3) is 0 Å². The van der Waals surface area contributed by atoms with Gasteiger partial charge in [0, 0.05) is 24.5 Å². The van der Waals surface area contributed by atoms with Crippen LogP contribution in [0, 0.1) is 24.9 Å². The predicted octanol–water partition coefficient (Wildman–Crippen LogP) is 3.76. The summed E-state index contributed by atoms with van der Waals surface area (Å²) >= 11 is 4.47. The Hall–Kier alpha value is -0.320. The molecule has 31 heavy (non-hydrogen) atoms. The van der Waals surface area contributed by atoms with Gasteiger partial charge in [0.2, 0.25) is 5.79 Å². The Labute approximate surface area is 204 Å². The lowest BCUT2D eigenvalue weighted by molar-refractivity contribution is -0.337. The Bertz CT molecular complexity index is 1060. The number of alkyl halides is 2. The Morgan fingerprint density at radius 3 is 2.39 bits per heavy atom. The van der Waals surface area contributed by atoms with Gasteiger partial charge >= 0.3 is 11.2 Å². The molecule has 12 heteroatoms. The van der Waals surface area contributed by atoms with Crippen LogP contribution in [0.3, 0.4) is 0 Å². The van der Waals surface area contributed by atoms with Crippen molar-refractivity contribution in [3.8, 4) is 5.75 Å². The molecule has 170 valence electrons. The summed E-state index contributed by atoms with van der Waals surface area (Å²) in [4.78, 5) is 12.0. The van der Waals surface area contributed by atoms with Gasteiger partial charge in [-0.2, -0.15) is 8.78 Å². The molecule has 4 fully saturated rings. The van der Waals surface area contributed by atoms with Crippen molar-refractivity contribution in [1.29, 1.82) is 0 Å². The third-order valence-corrected chi connectivity index (χ3v) is 10.6. The van der Waals surface area contributed by atoms with E-state index in [1.165, 1.54) is 0 Å². The number of rotatable bonds is 3. The van der Waals surface area contributed by atoms with Crippen LogP contribution in [0.2, 0.25) is 0 Å². The Morgan fingerprint density at radius 1 is 1.16 bits per heavy atom. The largest absolute Gasteiger partial charge is 0.743 e. The summed E-state index contributed by atoms with van der Waals surface area (Å²) < 4.78 is 80.0. The van der Waals surface area contributed by atoms with E-state index in [0.717, 1.165) is 31.3 Å². The van der Waals surface area contributed by atoms with Crippen molar-refractivity contribution < 1.29 is 40.8 Å². The monoisotopic (exact) mass is 681 g/mol. The highest BCUT2D eigenvalue weighted by Gasteiger charge is 2.68. The van der Waals surface area contributed by atoms with Gasteiger partial charge in [-0.05, 0) is 95.3 Å². The molecule has 0 aromatic heterocycles. The Kier molecular flexibility index (Phi) is 5.14. The molecule has 4 bridgehead atoms. The number of carbonyl (C=O) groups excluding carboxylic acids is 1.